The Morgan fingerprint density at radius 3 is 2.35 bits per heavy atom. The maximum Gasteiger partial charge on any atom is 0.0328 e. The van der Waals surface area contributed by atoms with Gasteiger partial charge in [-0.25, -0.2) is 0 Å². The Hall–Kier alpha value is -0.890. The van der Waals surface area contributed by atoms with Crippen LogP contribution in [0.5, 0.6) is 0 Å². The van der Waals surface area contributed by atoms with E-state index in [0.717, 1.165) is 0 Å². The molecule has 1 aromatic rings. The van der Waals surface area contributed by atoms with Crippen LogP contribution < -0.4 is 5.32 Å². The molecule has 0 aliphatic heterocycles. The summed E-state index contributed by atoms with van der Waals surface area (Å²) in [5.74, 6) is 0. The van der Waals surface area contributed by atoms with Crippen LogP contribution in [-0.4, -0.2) is 13.3 Å². The van der Waals surface area contributed by atoms with E-state index in [2.05, 4.69) is 49.7 Å². The summed E-state index contributed by atoms with van der Waals surface area (Å²) in [6.07, 6.45) is 5.86. The predicted octanol–water partition coefficient (Wildman–Crippen LogP) is 4.30. The largest absolute Gasteiger partial charge is 0.391 e. The van der Waals surface area contributed by atoms with E-state index in [0.29, 0.717) is 0 Å². The van der Waals surface area contributed by atoms with Gasteiger partial charge < -0.3 is 5.32 Å². The number of allylic oxidation sites excluding steroid dienone is 1. The monoisotopic (exact) mass is 249 g/mol. The number of aryl methyl sites for hydroxylation is 1. The first-order valence-electron chi connectivity index (χ1n) is 6.24. The zero-order chi connectivity index (χ0) is 12.7. The molecule has 0 heterocycles. The van der Waals surface area contributed by atoms with Crippen LogP contribution in [0.1, 0.15) is 37.8 Å². The fourth-order valence-corrected chi connectivity index (χ4v) is 2.58. The van der Waals surface area contributed by atoms with Crippen LogP contribution in [0.25, 0.3) is 4.91 Å². The summed E-state index contributed by atoms with van der Waals surface area (Å²) in [5, 5.41) is 3.22. The molecule has 0 radical (unpaired) electrons. The number of thioether (sulfide) groups is 1. The van der Waals surface area contributed by atoms with E-state index >= 15 is 0 Å². The van der Waals surface area contributed by atoms with Crippen molar-refractivity contribution in [2.75, 3.05) is 13.3 Å². The van der Waals surface area contributed by atoms with Crippen LogP contribution in [0.15, 0.2) is 30.0 Å². The van der Waals surface area contributed by atoms with Crippen LogP contribution in [-0.2, 0) is 6.42 Å². The average Bonchev–Trinajstić information content (AvgIpc) is 2.38. The SMILES string of the molecule is CCCCc1ccc(/C(SC)=C(\C)NC)cc1. The second kappa shape index (κ2) is 7.44. The zero-order valence-electron chi connectivity index (χ0n) is 11.3. The molecule has 0 aliphatic carbocycles. The Morgan fingerprint density at radius 1 is 1.24 bits per heavy atom. The molecule has 0 saturated carbocycles. The van der Waals surface area contributed by atoms with Crippen molar-refractivity contribution in [3.63, 3.8) is 0 Å². The molecule has 0 amide bonds. The molecule has 0 aromatic heterocycles. The Labute approximate surface area is 110 Å². The van der Waals surface area contributed by atoms with Gasteiger partial charge in [0, 0.05) is 17.6 Å². The Bertz CT molecular complexity index is 365. The maximum absolute atomic E-state index is 3.22. The van der Waals surface area contributed by atoms with Gasteiger partial charge in [0.2, 0.25) is 0 Å². The molecule has 1 nitrogen and oxygen atoms in total. The maximum atomic E-state index is 3.22. The smallest absolute Gasteiger partial charge is 0.0328 e. The summed E-state index contributed by atoms with van der Waals surface area (Å²) < 4.78 is 0. The van der Waals surface area contributed by atoms with E-state index in [4.69, 9.17) is 0 Å². The lowest BCUT2D eigenvalue weighted by Crippen LogP contribution is -2.04. The number of unbranched alkanes of at least 4 members (excludes halogenated alkanes) is 1. The van der Waals surface area contributed by atoms with E-state index in [1.54, 1.807) is 11.8 Å². The standard InChI is InChI=1S/C15H23NS/c1-5-6-7-13-8-10-14(11-9-13)15(17-4)12(2)16-3/h8-11,16H,5-7H2,1-4H3/b15-12-. The highest BCUT2D eigenvalue weighted by molar-refractivity contribution is 8.07. The number of hydrogen-bond donors (Lipinski definition) is 1. The van der Waals surface area contributed by atoms with Crippen molar-refractivity contribution in [1.82, 2.24) is 5.32 Å². The van der Waals surface area contributed by atoms with Crippen LogP contribution in [0.4, 0.5) is 0 Å². The molecule has 0 atom stereocenters. The first-order valence-corrected chi connectivity index (χ1v) is 7.47. The van der Waals surface area contributed by atoms with Crippen molar-refractivity contribution in [3.8, 4) is 0 Å². The van der Waals surface area contributed by atoms with E-state index < -0.39 is 0 Å². The molecular weight excluding hydrogens is 226 g/mol. The molecule has 17 heavy (non-hydrogen) atoms. The van der Waals surface area contributed by atoms with Gasteiger partial charge in [0.05, 0.1) is 0 Å². The normalized spacial score (nSPS) is 12.2. The minimum absolute atomic E-state index is 1.19. The van der Waals surface area contributed by atoms with Crippen molar-refractivity contribution in [2.45, 2.75) is 33.1 Å². The van der Waals surface area contributed by atoms with Gasteiger partial charge in [0.25, 0.3) is 0 Å². The predicted molar refractivity (Wildman–Crippen MR) is 80.2 cm³/mol. The van der Waals surface area contributed by atoms with Crippen molar-refractivity contribution >= 4 is 16.7 Å². The molecule has 0 unspecified atom stereocenters. The summed E-state index contributed by atoms with van der Waals surface area (Å²) in [6, 6.07) is 8.98. The first kappa shape index (κ1) is 14.2. The minimum Gasteiger partial charge on any atom is -0.391 e. The zero-order valence-corrected chi connectivity index (χ0v) is 12.2. The third-order valence-corrected chi connectivity index (χ3v) is 3.90. The Kier molecular flexibility index (Phi) is 6.20. The quantitative estimate of drug-likeness (QED) is 0.806. The molecule has 0 aliphatic rings. The highest BCUT2D eigenvalue weighted by Crippen LogP contribution is 2.27. The van der Waals surface area contributed by atoms with E-state index in [9.17, 15) is 0 Å². The van der Waals surface area contributed by atoms with Crippen LogP contribution in [0, 0.1) is 0 Å². The van der Waals surface area contributed by atoms with Crippen molar-refractivity contribution in [1.29, 1.82) is 0 Å². The van der Waals surface area contributed by atoms with Crippen molar-refractivity contribution < 1.29 is 0 Å². The van der Waals surface area contributed by atoms with Crippen molar-refractivity contribution in [2.24, 2.45) is 0 Å². The van der Waals surface area contributed by atoms with Gasteiger partial charge in [-0.3, -0.25) is 0 Å². The highest BCUT2D eigenvalue weighted by atomic mass is 32.2. The number of rotatable bonds is 6. The molecule has 0 bridgehead atoms. The Balaban J connectivity index is 2.86. The molecule has 0 spiro atoms. The fraction of sp³-hybridized carbons (Fsp3) is 0.467. The first-order chi connectivity index (χ1) is 8.22. The summed E-state index contributed by atoms with van der Waals surface area (Å²) in [6.45, 7) is 4.36. The fourth-order valence-electron chi connectivity index (χ4n) is 1.80. The second-order valence-electron chi connectivity index (χ2n) is 4.21. The summed E-state index contributed by atoms with van der Waals surface area (Å²) >= 11 is 1.80. The average molecular weight is 249 g/mol. The lowest BCUT2D eigenvalue weighted by atomic mass is 10.1. The van der Waals surface area contributed by atoms with Gasteiger partial charge in [-0.1, -0.05) is 37.6 Å². The number of hydrogen-bond acceptors (Lipinski definition) is 2. The molecule has 1 aromatic carbocycles. The summed E-state index contributed by atoms with van der Waals surface area (Å²) in [4.78, 5) is 1.33. The lowest BCUT2D eigenvalue weighted by Gasteiger charge is -2.10. The second-order valence-corrected chi connectivity index (χ2v) is 5.03. The van der Waals surface area contributed by atoms with Gasteiger partial charge in [0.1, 0.15) is 0 Å². The molecule has 0 fully saturated rings. The molecule has 1 rings (SSSR count). The number of nitrogens with one attached hydrogen (secondary N) is 1. The number of benzene rings is 1. The molecule has 94 valence electrons. The molecule has 0 saturated heterocycles. The van der Waals surface area contributed by atoms with Gasteiger partial charge in [-0.15, -0.1) is 11.8 Å². The summed E-state index contributed by atoms with van der Waals surface area (Å²) in [5.41, 5.74) is 3.99. The third kappa shape index (κ3) is 4.12. The van der Waals surface area contributed by atoms with E-state index in [1.165, 1.54) is 41.0 Å². The van der Waals surface area contributed by atoms with Crippen LogP contribution >= 0.6 is 11.8 Å². The van der Waals surface area contributed by atoms with E-state index in [1.807, 2.05) is 7.05 Å². The summed E-state index contributed by atoms with van der Waals surface area (Å²) in [7, 11) is 1.97. The highest BCUT2D eigenvalue weighted by Gasteiger charge is 2.03. The van der Waals surface area contributed by atoms with Gasteiger partial charge in [0.15, 0.2) is 0 Å². The Morgan fingerprint density at radius 2 is 1.88 bits per heavy atom. The molecular formula is C15H23NS. The molecule has 1 N–H and O–H groups in total. The van der Waals surface area contributed by atoms with Crippen LogP contribution in [0.3, 0.4) is 0 Å². The van der Waals surface area contributed by atoms with Crippen molar-refractivity contribution in [3.05, 3.63) is 41.1 Å². The van der Waals surface area contributed by atoms with Gasteiger partial charge in [-0.05, 0) is 37.1 Å². The lowest BCUT2D eigenvalue weighted by molar-refractivity contribution is 0.795. The molecule has 2 heteroatoms. The van der Waals surface area contributed by atoms with Gasteiger partial charge >= 0.3 is 0 Å². The van der Waals surface area contributed by atoms with E-state index in [-0.39, 0.29) is 0 Å². The third-order valence-electron chi connectivity index (χ3n) is 2.95. The van der Waals surface area contributed by atoms with Gasteiger partial charge in [-0.2, -0.15) is 0 Å². The van der Waals surface area contributed by atoms with Crippen LogP contribution in [0.2, 0.25) is 0 Å². The minimum atomic E-state index is 1.19. The topological polar surface area (TPSA) is 12.0 Å².